The van der Waals surface area contributed by atoms with Gasteiger partial charge in [-0.25, -0.2) is 0 Å². The van der Waals surface area contributed by atoms with Crippen LogP contribution in [0.5, 0.6) is 0 Å². The molecule has 0 aliphatic heterocycles. The van der Waals surface area contributed by atoms with Gasteiger partial charge in [0.05, 0.1) is 5.54 Å². The number of benzene rings is 1. The van der Waals surface area contributed by atoms with Crippen LogP contribution in [0, 0.1) is 0 Å². The lowest BCUT2D eigenvalue weighted by Gasteiger charge is -2.39. The molecule has 1 aliphatic carbocycles. The van der Waals surface area contributed by atoms with Crippen LogP contribution in [0.25, 0.3) is 0 Å². The summed E-state index contributed by atoms with van der Waals surface area (Å²) < 4.78 is 0. The number of unbranched alkanes of at least 4 members (excludes halogenated alkanes) is 1. The summed E-state index contributed by atoms with van der Waals surface area (Å²) in [5.41, 5.74) is 9.60. The van der Waals surface area contributed by atoms with Gasteiger partial charge in [0, 0.05) is 6.04 Å². The Bertz CT molecular complexity index is 411. The number of hydrogen-bond donors (Lipinski definition) is 1. The van der Waals surface area contributed by atoms with Crippen molar-refractivity contribution in [1.82, 2.24) is 4.90 Å². The molecule has 0 radical (unpaired) electrons. The van der Waals surface area contributed by atoms with Gasteiger partial charge in [-0.15, -0.1) is 0 Å². The summed E-state index contributed by atoms with van der Waals surface area (Å²) in [5, 5.41) is 0. The van der Waals surface area contributed by atoms with E-state index in [0.29, 0.717) is 6.04 Å². The zero-order valence-corrected chi connectivity index (χ0v) is 12.7. The van der Waals surface area contributed by atoms with Crippen LogP contribution in [0.2, 0.25) is 0 Å². The maximum absolute atomic E-state index is 6.91. The number of nitrogens with zero attached hydrogens (tertiary/aromatic N) is 1. The highest BCUT2D eigenvalue weighted by atomic mass is 15.2. The van der Waals surface area contributed by atoms with Crippen LogP contribution in [-0.2, 0) is 12.0 Å². The zero-order chi connectivity index (χ0) is 13.9. The van der Waals surface area contributed by atoms with Crippen molar-refractivity contribution < 1.29 is 0 Å². The number of rotatable bonds is 6. The summed E-state index contributed by atoms with van der Waals surface area (Å²) in [6.07, 6.45) is 4.63. The van der Waals surface area contributed by atoms with E-state index in [1.165, 1.54) is 24.0 Å². The van der Waals surface area contributed by atoms with Crippen LogP contribution < -0.4 is 5.73 Å². The fraction of sp³-hybridized carbons (Fsp3) is 0.647. The average molecular weight is 260 g/mol. The van der Waals surface area contributed by atoms with E-state index in [1.54, 1.807) is 0 Å². The molecule has 1 aromatic carbocycles. The SMILES string of the molecule is CCCCC1(N)c2ccccc2CC1N(CC)CC. The molecule has 106 valence electrons. The predicted molar refractivity (Wildman–Crippen MR) is 82.2 cm³/mol. The number of hydrogen-bond acceptors (Lipinski definition) is 2. The molecule has 1 aromatic rings. The van der Waals surface area contributed by atoms with Gasteiger partial charge in [-0.2, -0.15) is 0 Å². The van der Waals surface area contributed by atoms with E-state index in [1.807, 2.05) is 0 Å². The van der Waals surface area contributed by atoms with Crippen molar-refractivity contribution in [1.29, 1.82) is 0 Å². The van der Waals surface area contributed by atoms with Crippen LogP contribution in [0.3, 0.4) is 0 Å². The van der Waals surface area contributed by atoms with Crippen molar-refractivity contribution in [3.63, 3.8) is 0 Å². The van der Waals surface area contributed by atoms with Crippen molar-refractivity contribution in [3.05, 3.63) is 35.4 Å². The summed E-state index contributed by atoms with van der Waals surface area (Å²) in [6.45, 7) is 8.90. The first-order valence-corrected chi connectivity index (χ1v) is 7.78. The van der Waals surface area contributed by atoms with Crippen molar-refractivity contribution in [2.24, 2.45) is 5.73 Å². The second kappa shape index (κ2) is 6.06. The minimum atomic E-state index is -0.154. The monoisotopic (exact) mass is 260 g/mol. The molecule has 1 aliphatic rings. The summed E-state index contributed by atoms with van der Waals surface area (Å²) >= 11 is 0. The fourth-order valence-corrected chi connectivity index (χ4v) is 3.61. The first-order chi connectivity index (χ1) is 9.17. The van der Waals surface area contributed by atoms with Gasteiger partial charge in [0.2, 0.25) is 0 Å². The molecular weight excluding hydrogens is 232 g/mol. The van der Waals surface area contributed by atoms with Gasteiger partial charge in [0.15, 0.2) is 0 Å². The minimum Gasteiger partial charge on any atom is -0.320 e. The third-order valence-corrected chi connectivity index (χ3v) is 4.72. The van der Waals surface area contributed by atoms with E-state index in [9.17, 15) is 0 Å². The molecule has 2 unspecified atom stereocenters. The minimum absolute atomic E-state index is 0.154. The topological polar surface area (TPSA) is 29.3 Å². The van der Waals surface area contributed by atoms with E-state index in [2.05, 4.69) is 49.9 Å². The number of fused-ring (bicyclic) bond motifs is 1. The second-order valence-corrected chi connectivity index (χ2v) is 5.74. The third-order valence-electron chi connectivity index (χ3n) is 4.72. The first kappa shape index (κ1) is 14.5. The van der Waals surface area contributed by atoms with Gasteiger partial charge < -0.3 is 5.73 Å². The van der Waals surface area contributed by atoms with Gasteiger partial charge >= 0.3 is 0 Å². The highest BCUT2D eigenvalue weighted by Gasteiger charge is 2.45. The fourth-order valence-electron chi connectivity index (χ4n) is 3.61. The van der Waals surface area contributed by atoms with Crippen molar-refractivity contribution in [3.8, 4) is 0 Å². The Morgan fingerprint density at radius 2 is 1.89 bits per heavy atom. The van der Waals surface area contributed by atoms with Crippen molar-refractivity contribution in [2.45, 2.75) is 58.0 Å². The Morgan fingerprint density at radius 1 is 1.21 bits per heavy atom. The lowest BCUT2D eigenvalue weighted by Crippen LogP contribution is -2.53. The largest absolute Gasteiger partial charge is 0.320 e. The van der Waals surface area contributed by atoms with E-state index < -0.39 is 0 Å². The van der Waals surface area contributed by atoms with Crippen LogP contribution >= 0.6 is 0 Å². The first-order valence-electron chi connectivity index (χ1n) is 7.78. The molecule has 2 N–H and O–H groups in total. The molecule has 0 aromatic heterocycles. The van der Waals surface area contributed by atoms with E-state index in [-0.39, 0.29) is 5.54 Å². The summed E-state index contributed by atoms with van der Waals surface area (Å²) in [6, 6.07) is 9.24. The maximum atomic E-state index is 6.91. The smallest absolute Gasteiger partial charge is 0.0573 e. The predicted octanol–water partition coefficient (Wildman–Crippen LogP) is 3.30. The van der Waals surface area contributed by atoms with Crippen LogP contribution in [-0.4, -0.2) is 24.0 Å². The zero-order valence-electron chi connectivity index (χ0n) is 12.7. The molecule has 0 saturated heterocycles. The molecule has 0 amide bonds. The Hall–Kier alpha value is -0.860. The van der Waals surface area contributed by atoms with Gasteiger partial charge in [-0.05, 0) is 37.1 Å². The number of nitrogens with two attached hydrogens (primary N) is 1. The molecule has 0 saturated carbocycles. The Labute approximate surface area is 118 Å². The average Bonchev–Trinajstić information content (AvgIpc) is 2.73. The molecule has 0 bridgehead atoms. The molecule has 0 fully saturated rings. The lowest BCUT2D eigenvalue weighted by atomic mass is 9.83. The molecule has 2 heteroatoms. The van der Waals surface area contributed by atoms with Crippen LogP contribution in [0.1, 0.15) is 51.2 Å². The Kier molecular flexibility index (Phi) is 4.64. The highest BCUT2D eigenvalue weighted by Crippen LogP contribution is 2.41. The van der Waals surface area contributed by atoms with E-state index >= 15 is 0 Å². The van der Waals surface area contributed by atoms with E-state index in [0.717, 1.165) is 25.9 Å². The number of likely N-dealkylation sites (N-methyl/N-ethyl adjacent to an activating group) is 1. The standard InChI is InChI=1S/C17H28N2/c1-4-7-12-17(18)15-11-9-8-10-14(15)13-16(17)19(5-2)6-3/h8-11,16H,4-7,12-13,18H2,1-3H3. The molecule has 0 heterocycles. The van der Waals surface area contributed by atoms with Crippen molar-refractivity contribution >= 4 is 0 Å². The van der Waals surface area contributed by atoms with E-state index in [4.69, 9.17) is 5.73 Å². The van der Waals surface area contributed by atoms with Gasteiger partial charge in [-0.1, -0.05) is 57.9 Å². The molecular formula is C17H28N2. The Balaban J connectivity index is 2.35. The molecule has 2 rings (SSSR count). The Morgan fingerprint density at radius 3 is 2.53 bits per heavy atom. The normalized spacial score (nSPS) is 25.8. The quantitative estimate of drug-likeness (QED) is 0.850. The molecule has 2 atom stereocenters. The summed E-state index contributed by atoms with van der Waals surface area (Å²) in [4.78, 5) is 2.54. The lowest BCUT2D eigenvalue weighted by molar-refractivity contribution is 0.135. The van der Waals surface area contributed by atoms with Gasteiger partial charge in [0.25, 0.3) is 0 Å². The molecule has 2 nitrogen and oxygen atoms in total. The summed E-state index contributed by atoms with van der Waals surface area (Å²) in [5.74, 6) is 0. The highest BCUT2D eigenvalue weighted by molar-refractivity contribution is 5.41. The molecule has 19 heavy (non-hydrogen) atoms. The second-order valence-electron chi connectivity index (χ2n) is 5.74. The van der Waals surface area contributed by atoms with Gasteiger partial charge in [-0.3, -0.25) is 4.90 Å². The summed E-state index contributed by atoms with van der Waals surface area (Å²) in [7, 11) is 0. The van der Waals surface area contributed by atoms with Crippen LogP contribution in [0.15, 0.2) is 24.3 Å². The van der Waals surface area contributed by atoms with Crippen LogP contribution in [0.4, 0.5) is 0 Å². The third kappa shape index (κ3) is 2.56. The maximum Gasteiger partial charge on any atom is 0.0573 e. The molecule has 0 spiro atoms. The van der Waals surface area contributed by atoms with Gasteiger partial charge in [0.1, 0.15) is 0 Å². The van der Waals surface area contributed by atoms with Crippen molar-refractivity contribution in [2.75, 3.05) is 13.1 Å².